The van der Waals surface area contributed by atoms with Crippen LogP contribution < -0.4 is 5.32 Å². The molecule has 2 saturated heterocycles. The van der Waals surface area contributed by atoms with Crippen LogP contribution in [0.15, 0.2) is 29.6 Å². The number of benzene rings is 1. The highest BCUT2D eigenvalue weighted by Crippen LogP contribution is 2.24. The van der Waals surface area contributed by atoms with Gasteiger partial charge in [0.15, 0.2) is 5.13 Å². The van der Waals surface area contributed by atoms with Gasteiger partial charge < -0.3 is 4.90 Å². The maximum Gasteiger partial charge on any atom is 0.257 e. The molecule has 2 fully saturated rings. The summed E-state index contributed by atoms with van der Waals surface area (Å²) >= 11 is 1.47. The van der Waals surface area contributed by atoms with Crippen molar-refractivity contribution in [1.82, 2.24) is 14.8 Å². The van der Waals surface area contributed by atoms with Crippen molar-refractivity contribution in [2.24, 2.45) is 11.8 Å². The molecule has 0 bridgehead atoms. The average molecular weight is 427 g/mol. The van der Waals surface area contributed by atoms with Crippen molar-refractivity contribution in [1.29, 1.82) is 0 Å². The van der Waals surface area contributed by atoms with Crippen LogP contribution >= 0.6 is 11.3 Å². The lowest BCUT2D eigenvalue weighted by atomic mass is 9.92. The molecule has 1 aromatic carbocycles. The van der Waals surface area contributed by atoms with E-state index in [4.69, 9.17) is 0 Å². The van der Waals surface area contributed by atoms with E-state index < -0.39 is 0 Å². The summed E-state index contributed by atoms with van der Waals surface area (Å²) in [6.45, 7) is 9.03. The van der Waals surface area contributed by atoms with Gasteiger partial charge in [-0.05, 0) is 42.4 Å². The normalized spacial score (nSPS) is 22.5. The minimum Gasteiger partial charge on any atom is -0.338 e. The number of nitrogens with one attached hydrogen (secondary N) is 1. The number of carbonyl (C=O) groups is 2. The van der Waals surface area contributed by atoms with Crippen molar-refractivity contribution in [3.05, 3.63) is 46.5 Å². The maximum absolute atomic E-state index is 12.7. The maximum atomic E-state index is 12.7. The molecule has 2 aliphatic heterocycles. The van der Waals surface area contributed by atoms with E-state index in [1.54, 1.807) is 6.07 Å². The third-order valence-electron chi connectivity index (χ3n) is 5.84. The molecule has 1 N–H and O–H groups in total. The molecule has 6 nitrogen and oxygen atoms in total. The molecule has 7 heteroatoms. The lowest BCUT2D eigenvalue weighted by molar-refractivity contribution is -0.128. The highest BCUT2D eigenvalue weighted by atomic mass is 32.1. The number of piperidine rings is 1. The largest absolute Gasteiger partial charge is 0.338 e. The zero-order chi connectivity index (χ0) is 21.1. The number of likely N-dealkylation sites (tertiary alicyclic amines) is 2. The van der Waals surface area contributed by atoms with Gasteiger partial charge in [-0.3, -0.25) is 19.8 Å². The molecule has 2 aromatic rings. The summed E-state index contributed by atoms with van der Waals surface area (Å²) in [6, 6.07) is 7.50. The topological polar surface area (TPSA) is 65.5 Å². The van der Waals surface area contributed by atoms with Crippen LogP contribution in [-0.2, 0) is 17.9 Å². The van der Waals surface area contributed by atoms with E-state index in [0.717, 1.165) is 55.7 Å². The highest BCUT2D eigenvalue weighted by Gasteiger charge is 2.23. The first kappa shape index (κ1) is 21.0. The monoisotopic (exact) mass is 426 g/mol. The predicted octanol–water partition coefficient (Wildman–Crippen LogP) is 4.00. The molecule has 2 atom stereocenters. The molecule has 1 aromatic heterocycles. The number of aromatic nitrogens is 1. The summed E-state index contributed by atoms with van der Waals surface area (Å²) < 4.78 is 0. The van der Waals surface area contributed by atoms with Gasteiger partial charge in [-0.15, -0.1) is 11.3 Å². The molecule has 2 aliphatic rings. The van der Waals surface area contributed by atoms with E-state index in [1.807, 2.05) is 28.5 Å². The standard InChI is InChI=1S/C23H30N4O2S/c1-16-9-17(2)12-26(11-16)14-20-15-30-23(24-20)25-22(29)19-6-3-5-18(10-19)13-27-8-4-7-21(27)28/h3,5-6,10,15-17H,4,7-9,11-14H2,1-2H3,(H,24,25,29). The fourth-order valence-corrected chi connectivity index (χ4v) is 5.36. The second-order valence-corrected chi connectivity index (χ2v) is 9.72. The van der Waals surface area contributed by atoms with Gasteiger partial charge >= 0.3 is 0 Å². The van der Waals surface area contributed by atoms with E-state index in [2.05, 4.69) is 29.0 Å². The minimum atomic E-state index is -0.161. The Kier molecular flexibility index (Phi) is 6.49. The van der Waals surface area contributed by atoms with Gasteiger partial charge in [0.1, 0.15) is 0 Å². The Hall–Kier alpha value is -2.25. The number of amides is 2. The number of hydrogen-bond acceptors (Lipinski definition) is 5. The summed E-state index contributed by atoms with van der Waals surface area (Å²) in [6.07, 6.45) is 2.84. The molecule has 2 amide bonds. The Morgan fingerprint density at radius 2 is 2.03 bits per heavy atom. The van der Waals surface area contributed by atoms with Crippen molar-refractivity contribution in [2.75, 3.05) is 25.0 Å². The number of rotatable bonds is 6. The van der Waals surface area contributed by atoms with Gasteiger partial charge in [0, 0.05) is 50.1 Å². The molecule has 160 valence electrons. The Morgan fingerprint density at radius 3 is 2.77 bits per heavy atom. The van der Waals surface area contributed by atoms with E-state index in [0.29, 0.717) is 23.7 Å². The summed E-state index contributed by atoms with van der Waals surface area (Å²) in [4.78, 5) is 33.5. The first-order valence-corrected chi connectivity index (χ1v) is 11.7. The van der Waals surface area contributed by atoms with E-state index >= 15 is 0 Å². The lowest BCUT2D eigenvalue weighted by Crippen LogP contribution is -2.38. The third kappa shape index (κ3) is 5.26. The van der Waals surface area contributed by atoms with Gasteiger partial charge in [0.25, 0.3) is 5.91 Å². The van der Waals surface area contributed by atoms with E-state index in [9.17, 15) is 9.59 Å². The molecule has 0 saturated carbocycles. The van der Waals surface area contributed by atoms with Gasteiger partial charge in [0.05, 0.1) is 5.69 Å². The van der Waals surface area contributed by atoms with Gasteiger partial charge in [-0.1, -0.05) is 26.0 Å². The number of carbonyl (C=O) groups excluding carboxylic acids is 2. The van der Waals surface area contributed by atoms with Gasteiger partial charge in [0.2, 0.25) is 5.91 Å². The molecule has 0 radical (unpaired) electrons. The average Bonchev–Trinajstić information content (AvgIpc) is 3.30. The highest BCUT2D eigenvalue weighted by molar-refractivity contribution is 7.14. The molecular formula is C23H30N4O2S. The summed E-state index contributed by atoms with van der Waals surface area (Å²) in [5.41, 5.74) is 2.58. The van der Waals surface area contributed by atoms with Crippen LogP contribution in [-0.4, -0.2) is 46.2 Å². The number of hydrogen-bond donors (Lipinski definition) is 1. The Morgan fingerprint density at radius 1 is 1.23 bits per heavy atom. The van der Waals surface area contributed by atoms with Crippen LogP contribution in [0.2, 0.25) is 0 Å². The van der Waals surface area contributed by atoms with E-state index in [-0.39, 0.29) is 11.8 Å². The van der Waals surface area contributed by atoms with Crippen LogP contribution in [0.3, 0.4) is 0 Å². The number of nitrogens with zero attached hydrogens (tertiary/aromatic N) is 3. The summed E-state index contributed by atoms with van der Waals surface area (Å²) in [5, 5.41) is 5.60. The quantitative estimate of drug-likeness (QED) is 0.758. The zero-order valence-electron chi connectivity index (χ0n) is 17.8. The second kappa shape index (κ2) is 9.27. The van der Waals surface area contributed by atoms with Crippen LogP contribution in [0.25, 0.3) is 0 Å². The van der Waals surface area contributed by atoms with Crippen LogP contribution in [0.5, 0.6) is 0 Å². The fourth-order valence-electron chi connectivity index (χ4n) is 4.66. The van der Waals surface area contributed by atoms with Crippen molar-refractivity contribution in [2.45, 2.75) is 46.2 Å². The lowest BCUT2D eigenvalue weighted by Gasteiger charge is -2.34. The van der Waals surface area contributed by atoms with E-state index in [1.165, 1.54) is 17.8 Å². The molecule has 3 heterocycles. The van der Waals surface area contributed by atoms with Crippen molar-refractivity contribution < 1.29 is 9.59 Å². The first-order chi connectivity index (χ1) is 14.5. The van der Waals surface area contributed by atoms with Crippen LogP contribution in [0.4, 0.5) is 5.13 Å². The molecule has 0 aliphatic carbocycles. The summed E-state index contributed by atoms with van der Waals surface area (Å²) in [7, 11) is 0. The van der Waals surface area contributed by atoms with Crippen molar-refractivity contribution in [3.63, 3.8) is 0 Å². The fraction of sp³-hybridized carbons (Fsp3) is 0.522. The zero-order valence-corrected chi connectivity index (χ0v) is 18.6. The Balaban J connectivity index is 1.35. The summed E-state index contributed by atoms with van der Waals surface area (Å²) in [5.74, 6) is 1.47. The molecule has 30 heavy (non-hydrogen) atoms. The second-order valence-electron chi connectivity index (χ2n) is 8.86. The number of thiazole rings is 1. The van der Waals surface area contributed by atoms with Crippen molar-refractivity contribution in [3.8, 4) is 0 Å². The Labute approximate surface area is 182 Å². The predicted molar refractivity (Wildman–Crippen MR) is 119 cm³/mol. The van der Waals surface area contributed by atoms with Crippen molar-refractivity contribution >= 4 is 28.3 Å². The molecule has 2 unspecified atom stereocenters. The smallest absolute Gasteiger partial charge is 0.257 e. The molecular weight excluding hydrogens is 396 g/mol. The number of anilines is 1. The van der Waals surface area contributed by atoms with Gasteiger partial charge in [-0.2, -0.15) is 0 Å². The first-order valence-electron chi connectivity index (χ1n) is 10.8. The Bertz CT molecular complexity index is 902. The van der Waals surface area contributed by atoms with Gasteiger partial charge in [-0.25, -0.2) is 4.98 Å². The molecule has 0 spiro atoms. The minimum absolute atomic E-state index is 0.161. The van der Waals surface area contributed by atoms with Crippen LogP contribution in [0.1, 0.15) is 54.7 Å². The third-order valence-corrected chi connectivity index (χ3v) is 6.64. The van der Waals surface area contributed by atoms with Crippen LogP contribution in [0, 0.1) is 11.8 Å². The molecule has 4 rings (SSSR count). The SMILES string of the molecule is CC1CC(C)CN(Cc2csc(NC(=O)c3cccc(CN4CCCC4=O)c3)n2)C1.